The highest BCUT2D eigenvalue weighted by atomic mass is 16.5. The summed E-state index contributed by atoms with van der Waals surface area (Å²) in [4.78, 5) is 39.4. The predicted molar refractivity (Wildman–Crippen MR) is 127 cm³/mol. The molecule has 0 spiro atoms. The van der Waals surface area contributed by atoms with E-state index in [0.29, 0.717) is 5.56 Å². The maximum Gasteiger partial charge on any atom is 0.317 e. The SMILES string of the molecule is CC(C)COC(=O)[C@H]1C(=O)C[C@](C)(O)[C@@H](C(=O)OCC(C)C)[C@H]1c1ccc(C(C)(C)C)cc1. The van der Waals surface area contributed by atoms with Gasteiger partial charge in [0, 0.05) is 12.3 Å². The number of Topliss-reactive ketones (excluding diaryl/α,β-unsaturated/α-hetero) is 1. The van der Waals surface area contributed by atoms with Crippen molar-refractivity contribution in [1.82, 2.24) is 0 Å². The third-order valence-corrected chi connectivity index (χ3v) is 6.05. The van der Waals surface area contributed by atoms with Crippen molar-refractivity contribution in [3.05, 3.63) is 35.4 Å². The van der Waals surface area contributed by atoms with Gasteiger partial charge in [0.15, 0.2) is 5.78 Å². The molecule has 0 radical (unpaired) electrons. The van der Waals surface area contributed by atoms with Crippen LogP contribution in [0.5, 0.6) is 0 Å². The maximum atomic E-state index is 13.2. The number of rotatable bonds is 7. The summed E-state index contributed by atoms with van der Waals surface area (Å²) in [6.45, 7) is 15.8. The number of ether oxygens (including phenoxy) is 2. The minimum atomic E-state index is -1.65. The Morgan fingerprint density at radius 1 is 1.00 bits per heavy atom. The lowest BCUT2D eigenvalue weighted by molar-refractivity contribution is -0.173. The van der Waals surface area contributed by atoms with E-state index in [9.17, 15) is 19.5 Å². The van der Waals surface area contributed by atoms with Crippen LogP contribution in [0, 0.1) is 23.7 Å². The summed E-state index contributed by atoms with van der Waals surface area (Å²) in [5, 5.41) is 11.2. The largest absolute Gasteiger partial charge is 0.465 e. The minimum Gasteiger partial charge on any atom is -0.465 e. The smallest absolute Gasteiger partial charge is 0.317 e. The summed E-state index contributed by atoms with van der Waals surface area (Å²) >= 11 is 0. The highest BCUT2D eigenvalue weighted by Gasteiger charge is 2.57. The van der Waals surface area contributed by atoms with E-state index in [2.05, 4.69) is 20.8 Å². The molecule has 1 aromatic rings. The minimum absolute atomic E-state index is 0.0857. The van der Waals surface area contributed by atoms with Crippen molar-refractivity contribution < 1.29 is 29.0 Å². The van der Waals surface area contributed by atoms with Gasteiger partial charge in [-0.15, -0.1) is 0 Å². The first-order valence-corrected chi connectivity index (χ1v) is 11.8. The third-order valence-electron chi connectivity index (χ3n) is 6.05. The van der Waals surface area contributed by atoms with Gasteiger partial charge in [-0.05, 0) is 35.3 Å². The van der Waals surface area contributed by atoms with Crippen molar-refractivity contribution >= 4 is 17.7 Å². The number of esters is 2. The fourth-order valence-electron chi connectivity index (χ4n) is 4.30. The normalized spacial score (nSPS) is 25.9. The van der Waals surface area contributed by atoms with Crippen molar-refractivity contribution in [2.75, 3.05) is 13.2 Å². The molecule has 184 valence electrons. The van der Waals surface area contributed by atoms with E-state index in [1.165, 1.54) is 6.92 Å². The molecule has 33 heavy (non-hydrogen) atoms. The summed E-state index contributed by atoms with van der Waals surface area (Å²) in [7, 11) is 0. The highest BCUT2D eigenvalue weighted by Crippen LogP contribution is 2.47. The number of aliphatic hydroxyl groups is 1. The lowest BCUT2D eigenvalue weighted by atomic mass is 9.61. The molecular formula is C27H40O6. The quantitative estimate of drug-likeness (QED) is 0.478. The molecule has 0 unspecified atom stereocenters. The molecular weight excluding hydrogens is 420 g/mol. The van der Waals surface area contributed by atoms with Crippen molar-refractivity contribution in [3.8, 4) is 0 Å². The Bertz CT molecular complexity index is 844. The Balaban J connectivity index is 2.56. The van der Waals surface area contributed by atoms with Gasteiger partial charge in [-0.25, -0.2) is 0 Å². The first-order valence-electron chi connectivity index (χ1n) is 11.8. The molecule has 1 aromatic carbocycles. The van der Waals surface area contributed by atoms with Crippen molar-refractivity contribution in [1.29, 1.82) is 0 Å². The molecule has 1 aliphatic carbocycles. The molecule has 6 heteroatoms. The first kappa shape index (κ1) is 27.0. The maximum absolute atomic E-state index is 13.2. The fraction of sp³-hybridized carbons (Fsp3) is 0.667. The van der Waals surface area contributed by atoms with Crippen molar-refractivity contribution in [2.45, 2.75) is 78.7 Å². The lowest BCUT2D eigenvalue weighted by Crippen LogP contribution is -2.55. The number of ketones is 1. The molecule has 0 amide bonds. The van der Waals surface area contributed by atoms with Gasteiger partial charge in [-0.1, -0.05) is 72.7 Å². The molecule has 0 heterocycles. The molecule has 1 fully saturated rings. The van der Waals surface area contributed by atoms with Crippen LogP contribution in [0.3, 0.4) is 0 Å². The Hall–Kier alpha value is -2.21. The lowest BCUT2D eigenvalue weighted by Gasteiger charge is -2.43. The molecule has 0 aliphatic heterocycles. The van der Waals surface area contributed by atoms with Gasteiger partial charge in [-0.2, -0.15) is 0 Å². The Morgan fingerprint density at radius 2 is 1.48 bits per heavy atom. The zero-order chi connectivity index (χ0) is 25.1. The molecule has 6 nitrogen and oxygen atoms in total. The standard InChI is InChI=1S/C27H40O6/c1-16(2)14-32-24(29)22-20(28)13-27(8,31)23(25(30)33-15-17(3)4)21(22)18-9-11-19(12-10-18)26(5,6)7/h9-12,16-17,21-23,31H,13-15H2,1-8H3/t21-,22-,23+,27-/m0/s1. The van der Waals surface area contributed by atoms with Gasteiger partial charge in [0.25, 0.3) is 0 Å². The molecule has 0 bridgehead atoms. The van der Waals surface area contributed by atoms with E-state index in [1.54, 1.807) is 0 Å². The third kappa shape index (κ3) is 6.66. The topological polar surface area (TPSA) is 89.9 Å². The van der Waals surface area contributed by atoms with Crippen LogP contribution in [-0.4, -0.2) is 41.6 Å². The summed E-state index contributed by atoms with van der Waals surface area (Å²) < 4.78 is 11.0. The average molecular weight is 461 g/mol. The number of carbonyl (C=O) groups is 3. The van der Waals surface area contributed by atoms with Crippen LogP contribution in [0.15, 0.2) is 24.3 Å². The molecule has 1 saturated carbocycles. The van der Waals surface area contributed by atoms with E-state index in [-0.39, 0.29) is 36.9 Å². The average Bonchev–Trinajstić information content (AvgIpc) is 2.68. The van der Waals surface area contributed by atoms with Gasteiger partial charge in [-0.3, -0.25) is 14.4 Å². The van der Waals surface area contributed by atoms with Gasteiger partial charge in [0.1, 0.15) is 5.92 Å². The van der Waals surface area contributed by atoms with Gasteiger partial charge in [0.2, 0.25) is 0 Å². The monoisotopic (exact) mass is 460 g/mol. The van der Waals surface area contributed by atoms with Crippen LogP contribution in [0.1, 0.15) is 78.9 Å². The number of carbonyl (C=O) groups excluding carboxylic acids is 3. The van der Waals surface area contributed by atoms with Crippen molar-refractivity contribution in [2.24, 2.45) is 23.7 Å². The van der Waals surface area contributed by atoms with Gasteiger partial charge < -0.3 is 14.6 Å². The predicted octanol–water partition coefficient (Wildman–Crippen LogP) is 4.42. The molecule has 2 rings (SSSR count). The number of hydrogen-bond acceptors (Lipinski definition) is 6. The summed E-state index contributed by atoms with van der Waals surface area (Å²) in [6.07, 6.45) is -0.313. The highest BCUT2D eigenvalue weighted by molar-refractivity contribution is 6.02. The van der Waals surface area contributed by atoms with E-state index in [0.717, 1.165) is 5.56 Å². The van der Waals surface area contributed by atoms with E-state index < -0.39 is 41.1 Å². The van der Waals surface area contributed by atoms with E-state index >= 15 is 0 Å². The van der Waals surface area contributed by atoms with E-state index in [1.807, 2.05) is 52.0 Å². The zero-order valence-corrected chi connectivity index (χ0v) is 21.3. The number of benzene rings is 1. The summed E-state index contributed by atoms with van der Waals surface area (Å²) in [5.41, 5.74) is -0.0161. The summed E-state index contributed by atoms with van der Waals surface area (Å²) in [5.74, 6) is -4.61. The van der Waals surface area contributed by atoms with Crippen LogP contribution in [0.25, 0.3) is 0 Å². The van der Waals surface area contributed by atoms with Gasteiger partial charge >= 0.3 is 11.9 Å². The van der Waals surface area contributed by atoms with Crippen LogP contribution in [0.4, 0.5) is 0 Å². The Labute approximate surface area is 198 Å². The van der Waals surface area contributed by atoms with Crippen LogP contribution in [-0.2, 0) is 29.3 Å². The van der Waals surface area contributed by atoms with Crippen LogP contribution < -0.4 is 0 Å². The first-order chi connectivity index (χ1) is 15.1. The molecule has 4 atom stereocenters. The molecule has 0 saturated heterocycles. The van der Waals surface area contributed by atoms with Crippen LogP contribution in [0.2, 0.25) is 0 Å². The second kappa shape index (κ2) is 10.4. The van der Waals surface area contributed by atoms with Crippen LogP contribution >= 0.6 is 0 Å². The second-order valence-corrected chi connectivity index (χ2v) is 11.4. The summed E-state index contributed by atoms with van der Waals surface area (Å²) in [6, 6.07) is 7.56. The van der Waals surface area contributed by atoms with Crippen molar-refractivity contribution in [3.63, 3.8) is 0 Å². The number of hydrogen-bond donors (Lipinski definition) is 1. The van der Waals surface area contributed by atoms with Gasteiger partial charge in [0.05, 0.1) is 24.7 Å². The fourth-order valence-corrected chi connectivity index (χ4v) is 4.30. The molecule has 1 N–H and O–H groups in total. The Morgan fingerprint density at radius 3 is 1.94 bits per heavy atom. The molecule has 1 aliphatic rings. The zero-order valence-electron chi connectivity index (χ0n) is 21.3. The van der Waals surface area contributed by atoms with E-state index in [4.69, 9.17) is 9.47 Å². The second-order valence-electron chi connectivity index (χ2n) is 11.4. The molecule has 0 aromatic heterocycles. The Kier molecular flexibility index (Phi) is 8.50.